The number of ether oxygens (including phenoxy) is 5. The number of hydrogen-bond acceptors (Lipinski definition) is 8. The van der Waals surface area contributed by atoms with Gasteiger partial charge in [0.2, 0.25) is 5.43 Å². The van der Waals surface area contributed by atoms with Gasteiger partial charge < -0.3 is 28.1 Å². The van der Waals surface area contributed by atoms with Crippen LogP contribution in [0.25, 0.3) is 22.1 Å². The van der Waals surface area contributed by atoms with E-state index in [0.717, 1.165) is 11.1 Å². The van der Waals surface area contributed by atoms with Crippen molar-refractivity contribution >= 4 is 16.9 Å². The lowest BCUT2D eigenvalue weighted by atomic mass is 9.85. The number of carbonyl (C=O) groups excluding carboxylic acids is 1. The van der Waals surface area contributed by atoms with E-state index in [1.807, 2.05) is 19.1 Å². The van der Waals surface area contributed by atoms with Gasteiger partial charge in [-0.3, -0.25) is 9.59 Å². The molecule has 1 aromatic heterocycles. The lowest BCUT2D eigenvalue weighted by Crippen LogP contribution is -2.22. The highest BCUT2D eigenvalue weighted by atomic mass is 16.5. The Morgan fingerprint density at radius 3 is 2.36 bits per heavy atom. The fraction of sp³-hybridized carbons (Fsp3) is 0.226. The summed E-state index contributed by atoms with van der Waals surface area (Å²) in [7, 11) is 4.64. The molecule has 0 N–H and O–H groups in total. The molecule has 8 heteroatoms. The molecule has 5 rings (SSSR count). The van der Waals surface area contributed by atoms with Gasteiger partial charge in [0.05, 0.1) is 38.7 Å². The largest absolute Gasteiger partial charge is 0.493 e. The maximum atomic E-state index is 13.7. The third-order valence-electron chi connectivity index (χ3n) is 6.64. The van der Waals surface area contributed by atoms with Crippen molar-refractivity contribution in [2.24, 2.45) is 0 Å². The Morgan fingerprint density at radius 2 is 1.64 bits per heavy atom. The number of esters is 1. The maximum Gasteiger partial charge on any atom is 0.312 e. The summed E-state index contributed by atoms with van der Waals surface area (Å²) in [6, 6.07) is 14.0. The summed E-state index contributed by atoms with van der Waals surface area (Å²) in [5, 5.41) is 0.373. The van der Waals surface area contributed by atoms with Gasteiger partial charge in [-0.15, -0.1) is 0 Å². The van der Waals surface area contributed by atoms with Gasteiger partial charge in [0, 0.05) is 11.5 Å². The Bertz CT molecular complexity index is 1650. The summed E-state index contributed by atoms with van der Waals surface area (Å²) in [5.74, 6) is 1.68. The smallest absolute Gasteiger partial charge is 0.312 e. The average molecular weight is 529 g/mol. The summed E-state index contributed by atoms with van der Waals surface area (Å²) < 4.78 is 33.7. The van der Waals surface area contributed by atoms with Crippen LogP contribution >= 0.6 is 0 Å². The zero-order valence-corrected chi connectivity index (χ0v) is 22.2. The maximum absolute atomic E-state index is 13.7. The van der Waals surface area contributed by atoms with E-state index in [1.54, 1.807) is 50.6 Å². The first-order valence-electron chi connectivity index (χ1n) is 12.3. The number of benzene rings is 3. The van der Waals surface area contributed by atoms with Gasteiger partial charge in [-0.25, -0.2) is 0 Å². The Labute approximate surface area is 225 Å². The molecular formula is C31H28O8. The van der Waals surface area contributed by atoms with Crippen LogP contribution in [-0.2, 0) is 4.79 Å². The summed E-state index contributed by atoms with van der Waals surface area (Å²) in [6.45, 7) is 6.09. The van der Waals surface area contributed by atoms with Crippen LogP contribution < -0.4 is 29.1 Å². The molecule has 200 valence electrons. The Morgan fingerprint density at radius 1 is 0.923 bits per heavy atom. The molecule has 0 amide bonds. The minimum atomic E-state index is -0.427. The highest BCUT2D eigenvalue weighted by molar-refractivity contribution is 5.90. The predicted molar refractivity (Wildman–Crippen MR) is 146 cm³/mol. The van der Waals surface area contributed by atoms with Crippen LogP contribution in [0.3, 0.4) is 0 Å². The molecule has 1 aliphatic heterocycles. The van der Waals surface area contributed by atoms with Gasteiger partial charge in [0.1, 0.15) is 24.2 Å². The van der Waals surface area contributed by atoms with Crippen LogP contribution in [0.5, 0.6) is 28.7 Å². The first-order chi connectivity index (χ1) is 18.8. The zero-order valence-electron chi connectivity index (χ0n) is 22.2. The van der Waals surface area contributed by atoms with Crippen LogP contribution in [0.2, 0.25) is 0 Å². The highest BCUT2D eigenvalue weighted by Crippen LogP contribution is 2.44. The molecule has 0 aliphatic carbocycles. The number of hydrogen-bond donors (Lipinski definition) is 0. The molecule has 1 unspecified atom stereocenters. The SMILES string of the molecule is C=C(C)COc1ccc(C2CC(=O)Oc3ccc4c(=O)c(-c5ccc(OC)c(OC)c5)coc4c32)cc1OC. The summed E-state index contributed by atoms with van der Waals surface area (Å²) in [4.78, 5) is 26.2. The van der Waals surface area contributed by atoms with E-state index >= 15 is 0 Å². The third kappa shape index (κ3) is 4.81. The second-order valence-corrected chi connectivity index (χ2v) is 9.29. The molecule has 0 saturated heterocycles. The Balaban J connectivity index is 1.63. The molecule has 0 saturated carbocycles. The van der Waals surface area contributed by atoms with Crippen molar-refractivity contribution in [1.29, 1.82) is 0 Å². The molecule has 3 aromatic carbocycles. The molecular weight excluding hydrogens is 500 g/mol. The fourth-order valence-electron chi connectivity index (χ4n) is 4.76. The van der Waals surface area contributed by atoms with Gasteiger partial charge in [-0.05, 0) is 60.0 Å². The molecule has 1 atom stereocenters. The van der Waals surface area contributed by atoms with E-state index in [4.69, 9.17) is 28.1 Å². The van der Waals surface area contributed by atoms with E-state index in [0.29, 0.717) is 63.0 Å². The summed E-state index contributed by atoms with van der Waals surface area (Å²) in [6.07, 6.45) is 1.50. The predicted octanol–water partition coefficient (Wildman–Crippen LogP) is 5.88. The van der Waals surface area contributed by atoms with Gasteiger partial charge in [0.25, 0.3) is 0 Å². The molecule has 0 radical (unpaired) electrons. The van der Waals surface area contributed by atoms with Crippen molar-refractivity contribution in [3.05, 3.63) is 88.3 Å². The number of rotatable bonds is 8. The third-order valence-corrected chi connectivity index (χ3v) is 6.64. The second kappa shape index (κ2) is 10.6. The van der Waals surface area contributed by atoms with E-state index in [9.17, 15) is 9.59 Å². The average Bonchev–Trinajstić information content (AvgIpc) is 2.95. The van der Waals surface area contributed by atoms with Gasteiger partial charge in [-0.1, -0.05) is 18.7 Å². The topological polar surface area (TPSA) is 93.4 Å². The normalized spacial score (nSPS) is 14.4. The number of carbonyl (C=O) groups is 1. The molecule has 0 spiro atoms. The van der Waals surface area contributed by atoms with Crippen molar-refractivity contribution < 1.29 is 32.9 Å². The number of methoxy groups -OCH3 is 3. The van der Waals surface area contributed by atoms with Crippen LogP contribution in [0.15, 0.2) is 76.2 Å². The number of fused-ring (bicyclic) bond motifs is 3. The van der Waals surface area contributed by atoms with E-state index in [-0.39, 0.29) is 17.8 Å². The van der Waals surface area contributed by atoms with Crippen molar-refractivity contribution in [1.82, 2.24) is 0 Å². The van der Waals surface area contributed by atoms with Crippen molar-refractivity contribution in [2.75, 3.05) is 27.9 Å². The van der Waals surface area contributed by atoms with Crippen LogP contribution in [0.4, 0.5) is 0 Å². The van der Waals surface area contributed by atoms with Crippen LogP contribution in [0.1, 0.15) is 30.4 Å². The molecule has 0 bridgehead atoms. The lowest BCUT2D eigenvalue weighted by Gasteiger charge is -2.26. The first-order valence-corrected chi connectivity index (χ1v) is 12.3. The van der Waals surface area contributed by atoms with Gasteiger partial charge in [0.15, 0.2) is 23.0 Å². The van der Waals surface area contributed by atoms with E-state index < -0.39 is 5.92 Å². The molecule has 4 aromatic rings. The molecule has 1 aliphatic rings. The molecule has 0 fully saturated rings. The summed E-state index contributed by atoms with van der Waals surface area (Å²) >= 11 is 0. The van der Waals surface area contributed by atoms with Crippen LogP contribution in [-0.4, -0.2) is 33.9 Å². The van der Waals surface area contributed by atoms with E-state index in [1.165, 1.54) is 13.4 Å². The highest BCUT2D eigenvalue weighted by Gasteiger charge is 2.33. The summed E-state index contributed by atoms with van der Waals surface area (Å²) in [5.41, 5.74) is 3.43. The minimum absolute atomic E-state index is 0.0718. The van der Waals surface area contributed by atoms with E-state index in [2.05, 4.69) is 6.58 Å². The van der Waals surface area contributed by atoms with Gasteiger partial charge >= 0.3 is 5.97 Å². The quantitative estimate of drug-likeness (QED) is 0.159. The van der Waals surface area contributed by atoms with Crippen molar-refractivity contribution in [3.8, 4) is 39.9 Å². The Kier molecular flexibility index (Phi) is 7.02. The molecule has 2 heterocycles. The molecule has 39 heavy (non-hydrogen) atoms. The van der Waals surface area contributed by atoms with Crippen molar-refractivity contribution in [3.63, 3.8) is 0 Å². The van der Waals surface area contributed by atoms with Gasteiger partial charge in [-0.2, -0.15) is 0 Å². The Hall–Kier alpha value is -4.72. The standard InChI is InChI=1S/C31H28O8/c1-17(2)15-37-24-10-7-18(12-27(24)36-5)21-14-28(32)39-25-11-8-20-30(33)22(16-38-31(20)29(21)25)19-6-9-23(34-3)26(13-19)35-4/h6-13,16,21H,1,14-15H2,2-5H3. The zero-order chi connectivity index (χ0) is 27.7. The fourth-order valence-corrected chi connectivity index (χ4v) is 4.76. The monoisotopic (exact) mass is 528 g/mol. The van der Waals surface area contributed by atoms with Crippen LogP contribution in [0, 0.1) is 0 Å². The lowest BCUT2D eigenvalue weighted by molar-refractivity contribution is -0.135. The minimum Gasteiger partial charge on any atom is -0.493 e. The van der Waals surface area contributed by atoms with Crippen molar-refractivity contribution in [2.45, 2.75) is 19.3 Å². The second-order valence-electron chi connectivity index (χ2n) is 9.29. The first kappa shape index (κ1) is 25.9. The molecule has 8 nitrogen and oxygen atoms in total.